The topological polar surface area (TPSA) is 26.3 Å². The van der Waals surface area contributed by atoms with Gasteiger partial charge in [-0.1, -0.05) is 36.4 Å². The van der Waals surface area contributed by atoms with Crippen LogP contribution in [0.3, 0.4) is 0 Å². The van der Waals surface area contributed by atoms with Crippen LogP contribution in [0.1, 0.15) is 19.4 Å². The quantitative estimate of drug-likeness (QED) is 0.557. The van der Waals surface area contributed by atoms with Gasteiger partial charge >= 0.3 is 5.97 Å². The van der Waals surface area contributed by atoms with E-state index in [1.165, 1.54) is 5.56 Å². The summed E-state index contributed by atoms with van der Waals surface area (Å²) in [7, 11) is 0. The Kier molecular flexibility index (Phi) is 4.61. The van der Waals surface area contributed by atoms with Crippen LogP contribution in [0.2, 0.25) is 0 Å². The van der Waals surface area contributed by atoms with Crippen LogP contribution < -0.4 is 0 Å². The van der Waals surface area contributed by atoms with E-state index >= 15 is 0 Å². The second kappa shape index (κ2) is 6.02. The Balaban J connectivity index is 2.31. The van der Waals surface area contributed by atoms with Crippen LogP contribution in [0, 0.1) is 0 Å². The van der Waals surface area contributed by atoms with E-state index in [0.717, 1.165) is 6.42 Å². The van der Waals surface area contributed by atoms with Gasteiger partial charge in [-0.05, 0) is 19.4 Å². The maximum Gasteiger partial charge on any atom is 0.333 e. The van der Waals surface area contributed by atoms with E-state index in [0.29, 0.717) is 12.2 Å². The molecule has 80 valence electrons. The van der Waals surface area contributed by atoms with Crippen molar-refractivity contribution in [3.05, 3.63) is 47.5 Å². The van der Waals surface area contributed by atoms with Crippen LogP contribution in [-0.2, 0) is 16.0 Å². The van der Waals surface area contributed by atoms with Crippen molar-refractivity contribution in [1.29, 1.82) is 0 Å². The molecule has 0 bridgehead atoms. The molecule has 0 aromatic heterocycles. The minimum atomic E-state index is -0.228. The molecule has 0 amide bonds. The summed E-state index contributed by atoms with van der Waals surface area (Å²) in [5.74, 6) is -0.228. The molecule has 0 heterocycles. The highest BCUT2D eigenvalue weighted by atomic mass is 16.5. The molecule has 0 aliphatic carbocycles. The fourth-order valence-electron chi connectivity index (χ4n) is 1.14. The molecule has 2 heteroatoms. The molecular formula is C13H16O2. The Morgan fingerprint density at radius 2 is 2.00 bits per heavy atom. The maximum atomic E-state index is 11.3. The average molecular weight is 204 g/mol. The van der Waals surface area contributed by atoms with Crippen LogP contribution in [0.5, 0.6) is 0 Å². The third-order valence-corrected chi connectivity index (χ3v) is 2.22. The third-order valence-electron chi connectivity index (χ3n) is 2.22. The lowest BCUT2D eigenvalue weighted by Crippen LogP contribution is -2.08. The van der Waals surface area contributed by atoms with E-state index in [2.05, 4.69) is 0 Å². The van der Waals surface area contributed by atoms with E-state index in [1.54, 1.807) is 13.0 Å². The Hall–Kier alpha value is -1.57. The number of hydrogen-bond donors (Lipinski definition) is 0. The summed E-state index contributed by atoms with van der Waals surface area (Å²) in [6.45, 7) is 4.02. The van der Waals surface area contributed by atoms with Crippen LogP contribution in [0.4, 0.5) is 0 Å². The minimum Gasteiger partial charge on any atom is -0.462 e. The first-order valence-electron chi connectivity index (χ1n) is 5.08. The molecule has 0 spiro atoms. The van der Waals surface area contributed by atoms with Gasteiger partial charge in [0.25, 0.3) is 0 Å². The fraction of sp³-hybridized carbons (Fsp3) is 0.308. The third kappa shape index (κ3) is 3.98. The van der Waals surface area contributed by atoms with Crippen LogP contribution in [0.25, 0.3) is 0 Å². The highest BCUT2D eigenvalue weighted by Crippen LogP contribution is 2.01. The molecule has 0 fully saturated rings. The maximum absolute atomic E-state index is 11.3. The SMILES string of the molecule is C/C=C(/C)C(=O)OCCc1ccccc1. The van der Waals surface area contributed by atoms with Gasteiger partial charge in [0.15, 0.2) is 0 Å². The van der Waals surface area contributed by atoms with E-state index in [9.17, 15) is 4.79 Å². The molecule has 0 saturated heterocycles. The molecule has 0 saturated carbocycles. The van der Waals surface area contributed by atoms with Crippen molar-refractivity contribution in [2.45, 2.75) is 20.3 Å². The molecule has 15 heavy (non-hydrogen) atoms. The first-order chi connectivity index (χ1) is 7.24. The van der Waals surface area contributed by atoms with Gasteiger partial charge in [-0.15, -0.1) is 0 Å². The number of allylic oxidation sites excluding steroid dienone is 1. The molecule has 2 nitrogen and oxygen atoms in total. The summed E-state index contributed by atoms with van der Waals surface area (Å²) in [5, 5.41) is 0. The molecule has 0 atom stereocenters. The predicted octanol–water partition coefficient (Wildman–Crippen LogP) is 2.74. The summed E-state index contributed by atoms with van der Waals surface area (Å²) < 4.78 is 5.09. The lowest BCUT2D eigenvalue weighted by Gasteiger charge is -2.04. The largest absolute Gasteiger partial charge is 0.462 e. The molecule has 1 rings (SSSR count). The van der Waals surface area contributed by atoms with Gasteiger partial charge in [0, 0.05) is 12.0 Å². The van der Waals surface area contributed by atoms with E-state index < -0.39 is 0 Å². The second-order valence-electron chi connectivity index (χ2n) is 3.34. The molecule has 1 aromatic rings. The predicted molar refractivity (Wildman–Crippen MR) is 60.5 cm³/mol. The van der Waals surface area contributed by atoms with Gasteiger partial charge in [-0.25, -0.2) is 4.79 Å². The van der Waals surface area contributed by atoms with Crippen molar-refractivity contribution in [2.24, 2.45) is 0 Å². The lowest BCUT2D eigenvalue weighted by atomic mass is 10.2. The summed E-state index contributed by atoms with van der Waals surface area (Å²) in [6.07, 6.45) is 2.52. The summed E-state index contributed by atoms with van der Waals surface area (Å²) >= 11 is 0. The summed E-state index contributed by atoms with van der Waals surface area (Å²) in [6, 6.07) is 9.98. The van der Waals surface area contributed by atoms with Gasteiger partial charge in [0.05, 0.1) is 6.61 Å². The molecule has 0 aliphatic heterocycles. The number of hydrogen-bond acceptors (Lipinski definition) is 2. The van der Waals surface area contributed by atoms with Gasteiger partial charge in [-0.2, -0.15) is 0 Å². The number of ether oxygens (including phenoxy) is 1. The first-order valence-corrected chi connectivity index (χ1v) is 5.08. The van der Waals surface area contributed by atoms with Crippen LogP contribution in [-0.4, -0.2) is 12.6 Å². The Morgan fingerprint density at radius 1 is 1.33 bits per heavy atom. The number of esters is 1. The van der Waals surface area contributed by atoms with Crippen LogP contribution in [0.15, 0.2) is 42.0 Å². The van der Waals surface area contributed by atoms with Crippen molar-refractivity contribution in [2.75, 3.05) is 6.61 Å². The Bertz CT molecular complexity index is 339. The van der Waals surface area contributed by atoms with Crippen molar-refractivity contribution in [1.82, 2.24) is 0 Å². The summed E-state index contributed by atoms with van der Waals surface area (Å²) in [5.41, 5.74) is 1.84. The average Bonchev–Trinajstić information content (AvgIpc) is 2.29. The van der Waals surface area contributed by atoms with E-state index in [4.69, 9.17) is 4.74 Å². The van der Waals surface area contributed by atoms with Gasteiger partial charge in [-0.3, -0.25) is 0 Å². The number of carbonyl (C=O) groups is 1. The lowest BCUT2D eigenvalue weighted by molar-refractivity contribution is -0.138. The smallest absolute Gasteiger partial charge is 0.333 e. The van der Waals surface area contributed by atoms with Crippen molar-refractivity contribution < 1.29 is 9.53 Å². The molecule has 1 aromatic carbocycles. The van der Waals surface area contributed by atoms with E-state index in [-0.39, 0.29) is 5.97 Å². The monoisotopic (exact) mass is 204 g/mol. The van der Waals surface area contributed by atoms with Gasteiger partial charge in [0.2, 0.25) is 0 Å². The molecule has 0 radical (unpaired) electrons. The zero-order valence-electron chi connectivity index (χ0n) is 9.19. The van der Waals surface area contributed by atoms with Crippen molar-refractivity contribution in [3.8, 4) is 0 Å². The number of carbonyl (C=O) groups excluding carboxylic acids is 1. The number of rotatable bonds is 4. The highest BCUT2D eigenvalue weighted by Gasteiger charge is 2.03. The molecular weight excluding hydrogens is 188 g/mol. The first kappa shape index (κ1) is 11.5. The van der Waals surface area contributed by atoms with Crippen molar-refractivity contribution in [3.63, 3.8) is 0 Å². The molecule has 0 unspecified atom stereocenters. The molecule has 0 N–H and O–H groups in total. The second-order valence-corrected chi connectivity index (χ2v) is 3.34. The highest BCUT2D eigenvalue weighted by molar-refractivity contribution is 5.87. The zero-order chi connectivity index (χ0) is 11.1. The number of benzene rings is 1. The minimum absolute atomic E-state index is 0.228. The van der Waals surface area contributed by atoms with Crippen LogP contribution >= 0.6 is 0 Å². The standard InChI is InChI=1S/C13H16O2/c1-3-11(2)13(14)15-10-9-12-7-5-4-6-8-12/h3-8H,9-10H2,1-2H3/b11-3-. The zero-order valence-corrected chi connectivity index (χ0v) is 9.19. The molecule has 0 aliphatic rings. The van der Waals surface area contributed by atoms with Crippen molar-refractivity contribution >= 4 is 5.97 Å². The Labute approximate surface area is 90.6 Å². The normalized spacial score (nSPS) is 11.2. The fourth-order valence-corrected chi connectivity index (χ4v) is 1.14. The van der Waals surface area contributed by atoms with Gasteiger partial charge in [0.1, 0.15) is 0 Å². The van der Waals surface area contributed by atoms with Gasteiger partial charge < -0.3 is 4.74 Å². The summed E-state index contributed by atoms with van der Waals surface area (Å²) in [4.78, 5) is 11.3. The van der Waals surface area contributed by atoms with E-state index in [1.807, 2.05) is 37.3 Å². The Morgan fingerprint density at radius 3 is 2.60 bits per heavy atom.